The first-order valence-corrected chi connectivity index (χ1v) is 12.9. The average molecular weight is 509 g/mol. The van der Waals surface area contributed by atoms with Crippen LogP contribution in [0.5, 0.6) is 0 Å². The number of anilines is 1. The third-order valence-electron chi connectivity index (χ3n) is 7.40. The van der Waals surface area contributed by atoms with Gasteiger partial charge in [-0.3, -0.25) is 9.47 Å². The number of hydrogen-bond donors (Lipinski definition) is 4. The zero-order valence-electron chi connectivity index (χ0n) is 21.8. The van der Waals surface area contributed by atoms with Gasteiger partial charge in [0.15, 0.2) is 17.7 Å². The van der Waals surface area contributed by atoms with E-state index in [1.165, 1.54) is 23.8 Å². The standard InChI is InChI=1S/C26H36N8O3/c1-14(2)33(8-6-5-7-20-31-17-9-15(3)16(4)10-18(17)32-20)11-19-22(35)23(36)26(37-19)34-13-30-21-24(27)28-12-29-25(21)34/h9-10,12-14,19,22-23,26,35-36H,5-8,11H2,1-4H3,(H,31,32)(H2,27,28,29)/t19-,22-,23-,26?/m1/s1. The molecule has 5 rings (SSSR count). The fourth-order valence-electron chi connectivity index (χ4n) is 5.01. The lowest BCUT2D eigenvalue weighted by Crippen LogP contribution is -2.43. The molecule has 0 bridgehead atoms. The van der Waals surface area contributed by atoms with Crippen LogP contribution in [0.15, 0.2) is 24.8 Å². The number of imidazole rings is 2. The van der Waals surface area contributed by atoms with Gasteiger partial charge in [-0.05, 0) is 70.3 Å². The minimum Gasteiger partial charge on any atom is -0.387 e. The summed E-state index contributed by atoms with van der Waals surface area (Å²) < 4.78 is 7.76. The molecule has 3 aromatic heterocycles. The highest BCUT2D eigenvalue weighted by Crippen LogP contribution is 2.32. The number of aromatic amines is 1. The second-order valence-corrected chi connectivity index (χ2v) is 10.3. The largest absolute Gasteiger partial charge is 0.387 e. The Kier molecular flexibility index (Phi) is 7.13. The van der Waals surface area contributed by atoms with Crippen LogP contribution in [0.4, 0.5) is 5.82 Å². The number of aryl methyl sites for hydroxylation is 3. The van der Waals surface area contributed by atoms with Crippen molar-refractivity contribution in [1.29, 1.82) is 0 Å². The van der Waals surface area contributed by atoms with E-state index in [9.17, 15) is 10.2 Å². The van der Waals surface area contributed by atoms with Gasteiger partial charge in [-0.2, -0.15) is 0 Å². The summed E-state index contributed by atoms with van der Waals surface area (Å²) in [5, 5.41) is 21.6. The first-order valence-electron chi connectivity index (χ1n) is 12.9. The van der Waals surface area contributed by atoms with Crippen LogP contribution in [0, 0.1) is 13.8 Å². The number of nitrogen functional groups attached to an aromatic ring is 1. The molecule has 0 amide bonds. The predicted octanol–water partition coefficient (Wildman–Crippen LogP) is 2.25. The Labute approximate surface area is 215 Å². The van der Waals surface area contributed by atoms with Crippen molar-refractivity contribution >= 4 is 28.0 Å². The van der Waals surface area contributed by atoms with E-state index < -0.39 is 24.5 Å². The van der Waals surface area contributed by atoms with Crippen LogP contribution in [0.25, 0.3) is 22.2 Å². The molecule has 1 aliphatic rings. The molecule has 1 unspecified atom stereocenters. The van der Waals surface area contributed by atoms with Crippen molar-refractivity contribution in [1.82, 2.24) is 34.4 Å². The predicted molar refractivity (Wildman–Crippen MR) is 141 cm³/mol. The SMILES string of the molecule is Cc1cc2nc(CCCCN(C[C@H]3OC(n4cnc5c(N)ncnc54)[C@H](O)[C@@H]3O)C(C)C)[nH]c2cc1C. The summed E-state index contributed by atoms with van der Waals surface area (Å²) in [5.41, 5.74) is 11.4. The summed E-state index contributed by atoms with van der Waals surface area (Å²) in [4.78, 5) is 22.9. The van der Waals surface area contributed by atoms with Gasteiger partial charge in [-0.25, -0.2) is 19.9 Å². The van der Waals surface area contributed by atoms with Gasteiger partial charge in [0.1, 0.15) is 36.0 Å². The summed E-state index contributed by atoms with van der Waals surface area (Å²) in [7, 11) is 0. The number of nitrogens with one attached hydrogen (secondary N) is 1. The minimum atomic E-state index is -1.12. The second-order valence-electron chi connectivity index (χ2n) is 10.3. The quantitative estimate of drug-likeness (QED) is 0.250. The number of nitrogens with two attached hydrogens (primary N) is 1. The maximum absolute atomic E-state index is 10.8. The number of ether oxygens (including phenoxy) is 1. The maximum atomic E-state index is 10.8. The molecule has 5 N–H and O–H groups in total. The van der Waals surface area contributed by atoms with E-state index in [4.69, 9.17) is 15.5 Å². The van der Waals surface area contributed by atoms with Crippen LogP contribution in [0.1, 0.15) is 49.9 Å². The van der Waals surface area contributed by atoms with Crippen LogP contribution < -0.4 is 5.73 Å². The number of hydrogen-bond acceptors (Lipinski definition) is 9. The van der Waals surface area contributed by atoms with E-state index in [1.807, 2.05) is 0 Å². The zero-order valence-corrected chi connectivity index (χ0v) is 21.8. The third kappa shape index (κ3) is 5.04. The van der Waals surface area contributed by atoms with Crippen molar-refractivity contribution in [3.8, 4) is 0 Å². The van der Waals surface area contributed by atoms with E-state index in [0.717, 1.165) is 42.7 Å². The minimum absolute atomic E-state index is 0.255. The van der Waals surface area contributed by atoms with Gasteiger partial charge in [-0.1, -0.05) is 0 Å². The molecule has 0 radical (unpaired) electrons. The van der Waals surface area contributed by atoms with Gasteiger partial charge in [0.2, 0.25) is 0 Å². The van der Waals surface area contributed by atoms with Gasteiger partial charge in [-0.15, -0.1) is 0 Å². The Bertz CT molecular complexity index is 1340. The highest BCUT2D eigenvalue weighted by molar-refractivity contribution is 5.81. The number of nitrogens with zero attached hydrogens (tertiary/aromatic N) is 6. The average Bonchev–Trinajstić information content (AvgIpc) is 3.53. The van der Waals surface area contributed by atoms with Gasteiger partial charge in [0.25, 0.3) is 0 Å². The van der Waals surface area contributed by atoms with E-state index in [-0.39, 0.29) is 11.9 Å². The van der Waals surface area contributed by atoms with Gasteiger partial charge in [0, 0.05) is 19.0 Å². The summed E-state index contributed by atoms with van der Waals surface area (Å²) in [5.74, 6) is 1.26. The number of unbranched alkanes of at least 4 members (excludes halogenated alkanes) is 1. The van der Waals surface area contributed by atoms with Crippen molar-refractivity contribution in [2.24, 2.45) is 0 Å². The molecule has 1 fully saturated rings. The van der Waals surface area contributed by atoms with Crippen molar-refractivity contribution in [3.63, 3.8) is 0 Å². The topological polar surface area (TPSA) is 151 Å². The lowest BCUT2D eigenvalue weighted by Gasteiger charge is -2.30. The Balaban J connectivity index is 1.19. The summed E-state index contributed by atoms with van der Waals surface area (Å²) in [6, 6.07) is 4.55. The molecule has 1 aromatic carbocycles. The van der Waals surface area contributed by atoms with Crippen LogP contribution in [0.3, 0.4) is 0 Å². The van der Waals surface area contributed by atoms with Crippen molar-refractivity contribution in [2.45, 2.75) is 77.5 Å². The summed E-state index contributed by atoms with van der Waals surface area (Å²) in [6.45, 7) is 9.83. The molecule has 1 saturated heterocycles. The van der Waals surface area contributed by atoms with Crippen LogP contribution in [-0.2, 0) is 11.2 Å². The van der Waals surface area contributed by atoms with Crippen molar-refractivity contribution in [2.75, 3.05) is 18.8 Å². The summed E-state index contributed by atoms with van der Waals surface area (Å²) >= 11 is 0. The van der Waals surface area contributed by atoms with Gasteiger partial charge in [0.05, 0.1) is 17.4 Å². The van der Waals surface area contributed by atoms with Gasteiger partial charge >= 0.3 is 0 Å². The molecule has 4 atom stereocenters. The Hall–Kier alpha value is -3.12. The first-order chi connectivity index (χ1) is 17.7. The number of aliphatic hydroxyl groups is 2. The van der Waals surface area contributed by atoms with Crippen molar-refractivity contribution in [3.05, 3.63) is 41.7 Å². The maximum Gasteiger partial charge on any atom is 0.167 e. The van der Waals surface area contributed by atoms with E-state index in [2.05, 4.69) is 64.7 Å². The Morgan fingerprint density at radius 3 is 2.68 bits per heavy atom. The fraction of sp³-hybridized carbons (Fsp3) is 0.538. The molecule has 11 nitrogen and oxygen atoms in total. The van der Waals surface area contributed by atoms with Crippen molar-refractivity contribution < 1.29 is 14.9 Å². The van der Waals surface area contributed by atoms with E-state index in [1.54, 1.807) is 4.57 Å². The second kappa shape index (κ2) is 10.3. The molecule has 37 heavy (non-hydrogen) atoms. The number of aliphatic hydroxyl groups excluding tert-OH is 2. The van der Waals surface area contributed by atoms with Gasteiger partial charge < -0.3 is 25.7 Å². The molecule has 4 aromatic rings. The Morgan fingerprint density at radius 2 is 1.89 bits per heavy atom. The Morgan fingerprint density at radius 1 is 1.11 bits per heavy atom. The zero-order chi connectivity index (χ0) is 26.3. The molecule has 11 heteroatoms. The highest BCUT2D eigenvalue weighted by atomic mass is 16.6. The smallest absolute Gasteiger partial charge is 0.167 e. The molecule has 198 valence electrons. The first kappa shape index (κ1) is 25.5. The van der Waals surface area contributed by atoms with E-state index in [0.29, 0.717) is 17.7 Å². The molecular weight excluding hydrogens is 472 g/mol. The van der Waals surface area contributed by atoms with Crippen LogP contribution in [-0.4, -0.2) is 82.0 Å². The molecule has 0 spiro atoms. The lowest BCUT2D eigenvalue weighted by molar-refractivity contribution is -0.0469. The summed E-state index contributed by atoms with van der Waals surface area (Å²) in [6.07, 6.45) is 2.18. The van der Waals surface area contributed by atoms with Crippen LogP contribution >= 0.6 is 0 Å². The number of aromatic nitrogens is 6. The molecule has 1 aliphatic heterocycles. The third-order valence-corrected chi connectivity index (χ3v) is 7.40. The van der Waals surface area contributed by atoms with E-state index >= 15 is 0 Å². The molecule has 0 aliphatic carbocycles. The normalized spacial score (nSPS) is 22.3. The fourth-order valence-corrected chi connectivity index (χ4v) is 5.01. The highest BCUT2D eigenvalue weighted by Gasteiger charge is 2.45. The molecule has 4 heterocycles. The number of rotatable bonds is 9. The number of H-pyrrole nitrogens is 1. The monoisotopic (exact) mass is 508 g/mol. The molecule has 0 saturated carbocycles. The van der Waals surface area contributed by atoms with Crippen LogP contribution in [0.2, 0.25) is 0 Å². The lowest BCUT2D eigenvalue weighted by atomic mass is 10.1. The molecular formula is C26H36N8O3. The number of fused-ring (bicyclic) bond motifs is 2. The number of benzene rings is 1.